The Balaban J connectivity index is 2.08. The average molecular weight is 286 g/mol. The number of thioether (sulfide) groups is 1. The summed E-state index contributed by atoms with van der Waals surface area (Å²) in [4.78, 5) is 18.2. The number of H-pyrrole nitrogens is 2. The summed E-state index contributed by atoms with van der Waals surface area (Å²) in [5.74, 6) is 0.708. The zero-order valence-corrected chi connectivity index (χ0v) is 10.8. The Labute approximate surface area is 110 Å². The summed E-state index contributed by atoms with van der Waals surface area (Å²) in [6.07, 6.45) is 1.48. The van der Waals surface area contributed by atoms with Crippen LogP contribution in [-0.4, -0.2) is 42.5 Å². The molecule has 0 saturated carbocycles. The molecule has 0 radical (unpaired) electrons. The number of nitrogens with zero attached hydrogens (tertiary/aromatic N) is 2. The number of hydrogen-bond acceptors (Lipinski definition) is 6. The maximum atomic E-state index is 11.6. The Kier molecular flexibility index (Phi) is 2.98. The zero-order chi connectivity index (χ0) is 12.7. The van der Waals surface area contributed by atoms with Gasteiger partial charge in [-0.15, -0.1) is 11.8 Å². The number of aliphatic hydroxyl groups excluding tert-OH is 1. The molecule has 1 aliphatic rings. The van der Waals surface area contributed by atoms with Crippen molar-refractivity contribution in [1.82, 2.24) is 19.6 Å². The molecule has 18 heavy (non-hydrogen) atoms. The molecule has 0 aliphatic carbocycles. The van der Waals surface area contributed by atoms with Gasteiger partial charge in [0, 0.05) is 17.5 Å². The van der Waals surface area contributed by atoms with Crippen molar-refractivity contribution in [2.24, 2.45) is 0 Å². The lowest BCUT2D eigenvalue weighted by atomic mass is 10.2. The number of rotatable bonds is 2. The molecular weight excluding hydrogens is 276 g/mol. The molecule has 2 aromatic heterocycles. The molecule has 0 amide bonds. The first-order chi connectivity index (χ1) is 8.69. The molecule has 2 atom stereocenters. The van der Waals surface area contributed by atoms with Crippen LogP contribution in [0.4, 0.5) is 0 Å². The van der Waals surface area contributed by atoms with E-state index < -0.39 is 0 Å². The predicted molar refractivity (Wildman–Crippen MR) is 68.2 cm³/mol. The van der Waals surface area contributed by atoms with Gasteiger partial charge in [0.25, 0.3) is 0 Å². The van der Waals surface area contributed by atoms with Gasteiger partial charge in [-0.25, -0.2) is 4.79 Å². The maximum Gasteiger partial charge on any atom is 0.348 e. The Bertz CT molecular complexity index is 691. The molecular formula is C9H10N4O3S2. The predicted octanol–water partition coefficient (Wildman–Crippen LogP) is 0.203. The van der Waals surface area contributed by atoms with Crippen molar-refractivity contribution >= 4 is 29.6 Å². The Morgan fingerprint density at radius 1 is 1.72 bits per heavy atom. The number of ether oxygens (including phenoxy) is 1. The first-order valence-corrected chi connectivity index (χ1v) is 6.73. The van der Waals surface area contributed by atoms with Gasteiger partial charge in [0.2, 0.25) is 4.77 Å². The van der Waals surface area contributed by atoms with E-state index in [2.05, 4.69) is 15.1 Å². The summed E-state index contributed by atoms with van der Waals surface area (Å²) in [6, 6.07) is 0. The fraction of sp³-hybridized carbons (Fsp3) is 0.444. The number of hydrogen-bond donors (Lipinski definition) is 3. The molecule has 2 aromatic rings. The Hall–Kier alpha value is -1.16. The van der Waals surface area contributed by atoms with Crippen LogP contribution in [0, 0.1) is 4.77 Å². The van der Waals surface area contributed by atoms with Crippen LogP contribution in [0.1, 0.15) is 11.7 Å². The summed E-state index contributed by atoms with van der Waals surface area (Å²) in [5.41, 5.74) is 0.652. The second kappa shape index (κ2) is 4.50. The highest BCUT2D eigenvalue weighted by Gasteiger charge is 2.29. The second-order valence-electron chi connectivity index (χ2n) is 3.81. The lowest BCUT2D eigenvalue weighted by molar-refractivity contribution is 0.0350. The molecule has 9 heteroatoms. The van der Waals surface area contributed by atoms with Crippen molar-refractivity contribution < 1.29 is 9.84 Å². The summed E-state index contributed by atoms with van der Waals surface area (Å²) >= 11 is 6.42. The topological polar surface area (TPSA) is 95.4 Å². The van der Waals surface area contributed by atoms with Gasteiger partial charge in [-0.1, -0.05) is 0 Å². The SMILES string of the molecule is O=c1[nH]c(=S)nc2c([C@H]3CS[C@@H](CO)O3)c[nH]n12. The van der Waals surface area contributed by atoms with E-state index in [9.17, 15) is 4.79 Å². The van der Waals surface area contributed by atoms with Crippen LogP contribution >= 0.6 is 24.0 Å². The van der Waals surface area contributed by atoms with E-state index >= 15 is 0 Å². The first-order valence-electron chi connectivity index (χ1n) is 5.27. The van der Waals surface area contributed by atoms with Crippen LogP contribution < -0.4 is 5.69 Å². The largest absolute Gasteiger partial charge is 0.393 e. The average Bonchev–Trinajstić information content (AvgIpc) is 2.93. The number of aromatic nitrogens is 4. The van der Waals surface area contributed by atoms with Crippen LogP contribution in [0.3, 0.4) is 0 Å². The summed E-state index contributed by atoms with van der Waals surface area (Å²) in [6.45, 7) is -0.0308. The third-order valence-corrected chi connectivity index (χ3v) is 4.01. The van der Waals surface area contributed by atoms with Crippen molar-refractivity contribution in [1.29, 1.82) is 0 Å². The summed E-state index contributed by atoms with van der Waals surface area (Å²) in [7, 11) is 0. The van der Waals surface area contributed by atoms with Crippen LogP contribution in [0.15, 0.2) is 11.0 Å². The summed E-state index contributed by atoms with van der Waals surface area (Å²) in [5, 5.41) is 11.8. The minimum atomic E-state index is -0.361. The molecule has 7 nitrogen and oxygen atoms in total. The van der Waals surface area contributed by atoms with E-state index in [1.165, 1.54) is 16.3 Å². The van der Waals surface area contributed by atoms with Crippen molar-refractivity contribution in [3.8, 4) is 0 Å². The molecule has 3 N–H and O–H groups in total. The van der Waals surface area contributed by atoms with Crippen LogP contribution in [0.25, 0.3) is 5.65 Å². The minimum Gasteiger partial charge on any atom is -0.393 e. The lowest BCUT2D eigenvalue weighted by Crippen LogP contribution is -2.19. The number of fused-ring (bicyclic) bond motifs is 1. The fourth-order valence-electron chi connectivity index (χ4n) is 1.88. The van der Waals surface area contributed by atoms with Gasteiger partial charge in [-0.2, -0.15) is 9.50 Å². The number of nitrogens with one attached hydrogen (secondary N) is 2. The molecule has 1 fully saturated rings. The van der Waals surface area contributed by atoms with Crippen molar-refractivity contribution in [3.05, 3.63) is 27.0 Å². The van der Waals surface area contributed by atoms with E-state index in [4.69, 9.17) is 22.1 Å². The maximum absolute atomic E-state index is 11.6. The normalized spacial score (nSPS) is 23.8. The van der Waals surface area contributed by atoms with Crippen LogP contribution in [0.2, 0.25) is 0 Å². The van der Waals surface area contributed by atoms with Gasteiger partial charge in [-0.3, -0.25) is 10.1 Å². The molecule has 1 saturated heterocycles. The van der Waals surface area contributed by atoms with Gasteiger partial charge < -0.3 is 9.84 Å². The van der Waals surface area contributed by atoms with Gasteiger partial charge in [0.1, 0.15) is 5.44 Å². The van der Waals surface area contributed by atoms with E-state index in [-0.39, 0.29) is 28.6 Å². The van der Waals surface area contributed by atoms with Gasteiger partial charge >= 0.3 is 5.69 Å². The molecule has 0 aromatic carbocycles. The zero-order valence-electron chi connectivity index (χ0n) is 9.12. The highest BCUT2D eigenvalue weighted by atomic mass is 32.2. The molecule has 0 spiro atoms. The van der Waals surface area contributed by atoms with E-state index in [1.54, 1.807) is 6.20 Å². The van der Waals surface area contributed by atoms with Crippen LogP contribution in [0.5, 0.6) is 0 Å². The van der Waals surface area contributed by atoms with Crippen molar-refractivity contribution in [2.45, 2.75) is 11.5 Å². The minimum absolute atomic E-state index is 0.0308. The number of aromatic amines is 2. The molecule has 3 heterocycles. The van der Waals surface area contributed by atoms with Gasteiger partial charge in [0.15, 0.2) is 5.65 Å². The third-order valence-electron chi connectivity index (χ3n) is 2.69. The molecule has 3 rings (SSSR count). The smallest absolute Gasteiger partial charge is 0.348 e. The van der Waals surface area contributed by atoms with Crippen molar-refractivity contribution in [3.63, 3.8) is 0 Å². The summed E-state index contributed by atoms with van der Waals surface area (Å²) < 4.78 is 7.06. The molecule has 0 unspecified atom stereocenters. The fourth-order valence-corrected chi connectivity index (χ4v) is 3.02. The lowest BCUT2D eigenvalue weighted by Gasteiger charge is -2.08. The molecule has 96 valence electrons. The van der Waals surface area contributed by atoms with Crippen LogP contribution in [-0.2, 0) is 4.74 Å². The van der Waals surface area contributed by atoms with E-state index in [0.717, 1.165) is 5.56 Å². The van der Waals surface area contributed by atoms with E-state index in [1.807, 2.05) is 0 Å². The number of aliphatic hydroxyl groups is 1. The third kappa shape index (κ3) is 1.88. The Morgan fingerprint density at radius 2 is 2.56 bits per heavy atom. The monoisotopic (exact) mass is 286 g/mol. The second-order valence-corrected chi connectivity index (χ2v) is 5.38. The highest BCUT2D eigenvalue weighted by molar-refractivity contribution is 8.00. The van der Waals surface area contributed by atoms with E-state index in [0.29, 0.717) is 11.4 Å². The molecule has 1 aliphatic heterocycles. The highest BCUT2D eigenvalue weighted by Crippen LogP contribution is 2.35. The Morgan fingerprint density at radius 3 is 3.28 bits per heavy atom. The standard InChI is InChI=1S/C9H10N4O3S2/c14-2-6-16-5(3-18-6)4-1-10-13-7(4)11-8(17)12-9(13)15/h1,5-6,10,14H,2-3H2,(H,12,15,17)/t5-,6+/m1/s1. The molecule has 0 bridgehead atoms. The quantitative estimate of drug-likeness (QED) is 0.683. The van der Waals surface area contributed by atoms with Gasteiger partial charge in [-0.05, 0) is 12.2 Å². The first kappa shape index (κ1) is 11.9. The van der Waals surface area contributed by atoms with Gasteiger partial charge in [0.05, 0.1) is 12.7 Å². The van der Waals surface area contributed by atoms with Crippen molar-refractivity contribution in [2.75, 3.05) is 12.4 Å².